The van der Waals surface area contributed by atoms with Crippen molar-refractivity contribution in [2.45, 2.75) is 64.7 Å². The van der Waals surface area contributed by atoms with Crippen LogP contribution < -0.4 is 0 Å². The maximum atomic E-state index is 14.4. The second-order valence-electron chi connectivity index (χ2n) is 8.13. The Hall–Kier alpha value is -1.03. The summed E-state index contributed by atoms with van der Waals surface area (Å²) in [5.74, 6) is -1.19. The number of carbonyl (C=O) groups is 1. The number of ketones is 1. The maximum Gasteiger partial charge on any atom is 0.370 e. The minimum atomic E-state index is -5.22. The minimum absolute atomic E-state index is 0.0179. The fourth-order valence-electron chi connectivity index (χ4n) is 2.02. The molecule has 6 heteroatoms. The highest BCUT2D eigenvalue weighted by Crippen LogP contribution is 2.53. The van der Waals surface area contributed by atoms with E-state index in [-0.39, 0.29) is 16.4 Å². The van der Waals surface area contributed by atoms with Crippen molar-refractivity contribution in [2.24, 2.45) is 0 Å². The molecule has 0 aromatic heterocycles. The lowest BCUT2D eigenvalue weighted by Crippen LogP contribution is -2.31. The molecule has 0 saturated heterocycles. The molecule has 4 nitrogen and oxygen atoms in total. The Morgan fingerprint density at radius 3 is 1.52 bits per heavy atom. The van der Waals surface area contributed by atoms with Crippen LogP contribution in [0.25, 0.3) is 0 Å². The number of hydrogen-bond acceptors (Lipinski definition) is 2. The summed E-state index contributed by atoms with van der Waals surface area (Å²) in [5, 5.41) is -3.24. The van der Waals surface area contributed by atoms with Gasteiger partial charge in [0.05, 0.1) is 0 Å². The van der Waals surface area contributed by atoms with E-state index in [2.05, 4.69) is 0 Å². The SMILES string of the molecule is CC(C)(C)c1cc(C(=O)C(C)(F)P(=O)(O)O)cc(C(C)(C)C)c1. The van der Waals surface area contributed by atoms with Gasteiger partial charge < -0.3 is 9.79 Å². The van der Waals surface area contributed by atoms with E-state index in [0.717, 1.165) is 11.1 Å². The number of carbonyl (C=O) groups excluding carboxylic acids is 1. The number of halogens is 1. The molecule has 0 bridgehead atoms. The lowest BCUT2D eigenvalue weighted by Gasteiger charge is -2.27. The van der Waals surface area contributed by atoms with E-state index < -0.39 is 18.8 Å². The number of rotatable bonds is 3. The highest BCUT2D eigenvalue weighted by atomic mass is 31.2. The summed E-state index contributed by atoms with van der Waals surface area (Å²) in [5.41, 5.74) is 1.04. The second kappa shape index (κ2) is 5.80. The van der Waals surface area contributed by atoms with Crippen LogP contribution in [0.5, 0.6) is 0 Å². The van der Waals surface area contributed by atoms with Crippen LogP contribution in [0.4, 0.5) is 4.39 Å². The molecule has 0 aliphatic carbocycles. The molecule has 0 radical (unpaired) electrons. The summed E-state index contributed by atoms with van der Waals surface area (Å²) >= 11 is 0. The quantitative estimate of drug-likeness (QED) is 0.632. The van der Waals surface area contributed by atoms with Gasteiger partial charge in [-0.2, -0.15) is 0 Å². The van der Waals surface area contributed by atoms with Gasteiger partial charge in [-0.05, 0) is 41.0 Å². The highest BCUT2D eigenvalue weighted by Gasteiger charge is 2.50. The molecule has 1 rings (SSSR count). The molecule has 0 amide bonds. The molecule has 0 aliphatic heterocycles. The molecule has 0 heterocycles. The lowest BCUT2D eigenvalue weighted by atomic mass is 9.79. The first-order valence-electron chi connectivity index (χ1n) is 7.43. The van der Waals surface area contributed by atoms with Crippen molar-refractivity contribution in [3.8, 4) is 0 Å². The molecule has 1 aromatic rings. The highest BCUT2D eigenvalue weighted by molar-refractivity contribution is 7.54. The van der Waals surface area contributed by atoms with Crippen molar-refractivity contribution in [1.82, 2.24) is 0 Å². The van der Waals surface area contributed by atoms with Crippen molar-refractivity contribution in [3.63, 3.8) is 0 Å². The molecular weight excluding hydrogens is 318 g/mol. The summed E-state index contributed by atoms with van der Waals surface area (Å²) in [6.45, 7) is 12.4. The van der Waals surface area contributed by atoms with Crippen molar-refractivity contribution in [3.05, 3.63) is 34.9 Å². The van der Waals surface area contributed by atoms with Crippen molar-refractivity contribution in [1.29, 1.82) is 0 Å². The normalized spacial score (nSPS) is 16.1. The van der Waals surface area contributed by atoms with Gasteiger partial charge in [-0.1, -0.05) is 47.6 Å². The first kappa shape index (κ1) is 20.0. The van der Waals surface area contributed by atoms with Gasteiger partial charge in [-0.25, -0.2) is 4.39 Å². The van der Waals surface area contributed by atoms with Crippen LogP contribution in [0, 0.1) is 0 Å². The minimum Gasteiger partial charge on any atom is -0.322 e. The molecule has 0 saturated carbocycles. The molecule has 0 fully saturated rings. The fraction of sp³-hybridized carbons (Fsp3) is 0.588. The number of Topliss-reactive ketones (excluding diaryl/α,β-unsaturated/α-hetero) is 1. The van der Waals surface area contributed by atoms with Gasteiger partial charge in [-0.3, -0.25) is 9.36 Å². The number of alkyl halides is 1. The van der Waals surface area contributed by atoms with Gasteiger partial charge in [0.15, 0.2) is 0 Å². The molecule has 130 valence electrons. The van der Waals surface area contributed by atoms with Crippen molar-refractivity contribution in [2.75, 3.05) is 0 Å². The van der Waals surface area contributed by atoms with Crippen LogP contribution in [0.1, 0.15) is 70.0 Å². The van der Waals surface area contributed by atoms with Gasteiger partial charge in [0.25, 0.3) is 5.41 Å². The number of benzene rings is 1. The van der Waals surface area contributed by atoms with E-state index in [9.17, 15) is 13.8 Å². The van der Waals surface area contributed by atoms with Crippen LogP contribution in [-0.2, 0) is 15.4 Å². The molecule has 0 spiro atoms. The fourth-order valence-corrected chi connectivity index (χ4v) is 2.41. The summed E-state index contributed by atoms with van der Waals surface area (Å²) in [4.78, 5) is 30.7. The third-order valence-corrected chi connectivity index (χ3v) is 5.19. The van der Waals surface area contributed by atoms with Crippen LogP contribution in [0.15, 0.2) is 18.2 Å². The summed E-state index contributed by atoms with van der Waals surface area (Å²) in [6, 6.07) is 4.99. The molecule has 1 atom stereocenters. The standard InChI is InChI=1S/C17H26FO4P/c1-15(2,3)12-8-11(9-13(10-12)16(4,5)6)14(19)17(7,18)23(20,21)22/h8-10H,1-7H3,(H2,20,21,22). The van der Waals surface area contributed by atoms with Crippen LogP contribution >= 0.6 is 7.60 Å². The van der Waals surface area contributed by atoms with Crippen molar-refractivity contribution >= 4 is 13.4 Å². The average Bonchev–Trinajstić information content (AvgIpc) is 2.33. The average molecular weight is 344 g/mol. The van der Waals surface area contributed by atoms with Gasteiger partial charge in [-0.15, -0.1) is 0 Å². The van der Waals surface area contributed by atoms with Gasteiger partial charge in [0.2, 0.25) is 5.78 Å². The molecule has 23 heavy (non-hydrogen) atoms. The Labute approximate surface area is 137 Å². The van der Waals surface area contributed by atoms with E-state index in [4.69, 9.17) is 9.79 Å². The Kier molecular flexibility index (Phi) is 5.05. The van der Waals surface area contributed by atoms with Gasteiger partial charge in [0, 0.05) is 5.56 Å². The van der Waals surface area contributed by atoms with E-state index in [1.165, 1.54) is 12.1 Å². The Morgan fingerprint density at radius 2 is 1.26 bits per heavy atom. The zero-order valence-corrected chi connectivity index (χ0v) is 15.7. The first-order chi connectivity index (χ1) is 9.98. The Bertz CT molecular complexity index is 628. The predicted octanol–water partition coefficient (Wildman–Crippen LogP) is 4.33. The third kappa shape index (κ3) is 4.28. The predicted molar refractivity (Wildman–Crippen MR) is 89.7 cm³/mol. The van der Waals surface area contributed by atoms with E-state index >= 15 is 0 Å². The topological polar surface area (TPSA) is 74.6 Å². The Balaban J connectivity index is 3.60. The van der Waals surface area contributed by atoms with Crippen LogP contribution in [-0.4, -0.2) is 21.0 Å². The van der Waals surface area contributed by atoms with Gasteiger partial charge >= 0.3 is 7.60 Å². The van der Waals surface area contributed by atoms with E-state index in [1.54, 1.807) is 0 Å². The smallest absolute Gasteiger partial charge is 0.322 e. The Morgan fingerprint density at radius 1 is 0.913 bits per heavy atom. The van der Waals surface area contributed by atoms with Crippen LogP contribution in [0.3, 0.4) is 0 Å². The summed E-state index contributed by atoms with van der Waals surface area (Å²) < 4.78 is 25.8. The van der Waals surface area contributed by atoms with Crippen molar-refractivity contribution < 1.29 is 23.5 Å². The molecular formula is C17H26FO4P. The largest absolute Gasteiger partial charge is 0.370 e. The van der Waals surface area contributed by atoms with E-state index in [0.29, 0.717) is 6.92 Å². The molecule has 1 aromatic carbocycles. The molecule has 1 unspecified atom stereocenters. The zero-order valence-electron chi connectivity index (χ0n) is 14.8. The molecule has 0 aliphatic rings. The van der Waals surface area contributed by atoms with Crippen LogP contribution in [0.2, 0.25) is 0 Å². The summed E-state index contributed by atoms with van der Waals surface area (Å²) in [6.07, 6.45) is 0. The second-order valence-corrected chi connectivity index (χ2v) is 10.1. The first-order valence-corrected chi connectivity index (χ1v) is 9.04. The monoisotopic (exact) mass is 344 g/mol. The van der Waals surface area contributed by atoms with Gasteiger partial charge in [0.1, 0.15) is 0 Å². The zero-order chi connectivity index (χ0) is 18.4. The maximum absolute atomic E-state index is 14.4. The molecule has 2 N–H and O–H groups in total. The van der Waals surface area contributed by atoms with E-state index in [1.807, 2.05) is 47.6 Å². The summed E-state index contributed by atoms with van der Waals surface area (Å²) in [7, 11) is -5.22. The third-order valence-electron chi connectivity index (χ3n) is 3.89. The number of hydrogen-bond donors (Lipinski definition) is 2. The lowest BCUT2D eigenvalue weighted by molar-refractivity contribution is 0.0811.